The first-order valence-electron chi connectivity index (χ1n) is 7.75. The number of para-hydroxylation sites is 1. The summed E-state index contributed by atoms with van der Waals surface area (Å²) in [6, 6.07) is 11.4. The van der Waals surface area contributed by atoms with E-state index in [-0.39, 0.29) is 22.4 Å². The second-order valence-corrected chi connectivity index (χ2v) is 6.33. The molecule has 0 unspecified atom stereocenters. The average molecular weight is 379 g/mol. The molecule has 0 bridgehead atoms. The lowest BCUT2D eigenvalue weighted by molar-refractivity contribution is -0.138. The second kappa shape index (κ2) is 8.23. The largest absolute Gasteiger partial charge is 0.417 e. The molecular weight excluding hydrogens is 363 g/mol. The highest BCUT2D eigenvalue weighted by Crippen LogP contribution is 2.36. The summed E-state index contributed by atoms with van der Waals surface area (Å²) in [5.41, 5.74) is -0.738. The molecule has 0 aliphatic rings. The molecule has 136 valence electrons. The predicted molar refractivity (Wildman–Crippen MR) is 93.9 cm³/mol. The molecule has 2 aromatic rings. The molecule has 0 radical (unpaired) electrons. The van der Waals surface area contributed by atoms with Gasteiger partial charge in [-0.2, -0.15) is 18.4 Å². The van der Waals surface area contributed by atoms with Crippen LogP contribution in [0.5, 0.6) is 0 Å². The van der Waals surface area contributed by atoms with Crippen molar-refractivity contribution in [2.24, 2.45) is 0 Å². The number of halogens is 3. The maximum Gasteiger partial charge on any atom is 0.417 e. The zero-order valence-electron chi connectivity index (χ0n) is 14.2. The Morgan fingerprint density at radius 3 is 2.50 bits per heavy atom. The van der Waals surface area contributed by atoms with Gasteiger partial charge in [0.25, 0.3) is 0 Å². The second-order valence-electron chi connectivity index (χ2n) is 5.36. The summed E-state index contributed by atoms with van der Waals surface area (Å²) >= 11 is 0.838. The summed E-state index contributed by atoms with van der Waals surface area (Å²) in [6.07, 6.45) is -4.66. The van der Waals surface area contributed by atoms with Gasteiger partial charge in [-0.25, -0.2) is 4.98 Å². The number of rotatable bonds is 5. The van der Waals surface area contributed by atoms with Gasteiger partial charge in [-0.05, 0) is 32.0 Å². The van der Waals surface area contributed by atoms with E-state index >= 15 is 0 Å². The Hall–Kier alpha value is -2.53. The maximum absolute atomic E-state index is 13.1. The van der Waals surface area contributed by atoms with Gasteiger partial charge in [0.15, 0.2) is 0 Å². The van der Waals surface area contributed by atoms with E-state index in [0.717, 1.165) is 17.8 Å². The number of pyridine rings is 1. The first kappa shape index (κ1) is 19.8. The molecule has 1 aromatic heterocycles. The minimum Gasteiger partial charge on any atom is -0.312 e. The first-order chi connectivity index (χ1) is 12.3. The molecule has 0 spiro atoms. The van der Waals surface area contributed by atoms with E-state index in [0.29, 0.717) is 12.2 Å². The number of anilines is 1. The van der Waals surface area contributed by atoms with Crippen LogP contribution in [0.3, 0.4) is 0 Å². The molecule has 0 aliphatic carbocycles. The number of nitriles is 1. The fraction of sp³-hybridized carbons (Fsp3) is 0.278. The van der Waals surface area contributed by atoms with E-state index in [1.165, 1.54) is 11.8 Å². The number of thioether (sulfide) groups is 1. The number of amides is 1. The van der Waals surface area contributed by atoms with Crippen molar-refractivity contribution < 1.29 is 18.0 Å². The van der Waals surface area contributed by atoms with Crippen molar-refractivity contribution >= 4 is 23.4 Å². The van der Waals surface area contributed by atoms with Crippen molar-refractivity contribution in [1.29, 1.82) is 5.26 Å². The summed E-state index contributed by atoms with van der Waals surface area (Å²) < 4.78 is 39.4. The van der Waals surface area contributed by atoms with Gasteiger partial charge in [0, 0.05) is 17.9 Å². The molecule has 8 heteroatoms. The van der Waals surface area contributed by atoms with Gasteiger partial charge in [0.05, 0.1) is 16.9 Å². The van der Waals surface area contributed by atoms with E-state index in [9.17, 15) is 18.0 Å². The van der Waals surface area contributed by atoms with Crippen LogP contribution in [0.1, 0.15) is 23.7 Å². The minimum absolute atomic E-state index is 0.0858. The fourth-order valence-electron chi connectivity index (χ4n) is 2.40. The number of benzene rings is 1. The number of hydrogen-bond acceptors (Lipinski definition) is 4. The van der Waals surface area contributed by atoms with Gasteiger partial charge in [0.2, 0.25) is 5.91 Å². The van der Waals surface area contributed by atoms with Crippen LogP contribution in [0, 0.1) is 18.3 Å². The van der Waals surface area contributed by atoms with Gasteiger partial charge in [0.1, 0.15) is 11.1 Å². The molecule has 0 atom stereocenters. The Bertz CT molecular complexity index is 832. The van der Waals surface area contributed by atoms with Crippen molar-refractivity contribution in [3.8, 4) is 6.07 Å². The number of carbonyl (C=O) groups is 1. The fourth-order valence-corrected chi connectivity index (χ4v) is 3.32. The van der Waals surface area contributed by atoms with E-state index in [1.54, 1.807) is 30.3 Å². The average Bonchev–Trinajstić information content (AvgIpc) is 2.60. The third-order valence-corrected chi connectivity index (χ3v) is 4.51. The Morgan fingerprint density at radius 1 is 1.31 bits per heavy atom. The van der Waals surface area contributed by atoms with Crippen molar-refractivity contribution in [2.45, 2.75) is 25.0 Å². The van der Waals surface area contributed by atoms with Gasteiger partial charge in [-0.15, -0.1) is 0 Å². The maximum atomic E-state index is 13.1. The zero-order valence-corrected chi connectivity index (χ0v) is 15.0. The lowest BCUT2D eigenvalue weighted by Gasteiger charge is -2.21. The number of aromatic nitrogens is 1. The van der Waals surface area contributed by atoms with E-state index in [4.69, 9.17) is 5.26 Å². The van der Waals surface area contributed by atoms with E-state index in [1.807, 2.05) is 13.0 Å². The predicted octanol–water partition coefficient (Wildman–Crippen LogP) is 4.43. The molecule has 1 heterocycles. The highest BCUT2D eigenvalue weighted by atomic mass is 32.2. The summed E-state index contributed by atoms with van der Waals surface area (Å²) in [5, 5.41) is 9.07. The SMILES string of the molecule is CCN(C(=O)CSc1nc(C)cc(C(F)(F)F)c1C#N)c1ccccc1. The molecule has 1 amide bonds. The molecule has 0 saturated carbocycles. The van der Waals surface area contributed by atoms with Gasteiger partial charge in [-0.3, -0.25) is 4.79 Å². The zero-order chi connectivity index (χ0) is 19.3. The third-order valence-electron chi connectivity index (χ3n) is 3.55. The third kappa shape index (κ3) is 4.55. The van der Waals surface area contributed by atoms with Crippen molar-refractivity contribution in [3.63, 3.8) is 0 Å². The molecule has 0 aliphatic heterocycles. The van der Waals surface area contributed by atoms with Gasteiger partial charge in [-0.1, -0.05) is 30.0 Å². The normalized spacial score (nSPS) is 11.1. The molecule has 1 aromatic carbocycles. The summed E-state index contributed by atoms with van der Waals surface area (Å²) in [7, 11) is 0. The highest BCUT2D eigenvalue weighted by molar-refractivity contribution is 8.00. The topological polar surface area (TPSA) is 57.0 Å². The molecule has 26 heavy (non-hydrogen) atoms. The minimum atomic E-state index is -4.66. The van der Waals surface area contributed by atoms with Crippen LogP contribution in [0.2, 0.25) is 0 Å². The first-order valence-corrected chi connectivity index (χ1v) is 8.73. The lowest BCUT2D eigenvalue weighted by atomic mass is 10.1. The molecular formula is C18H16F3N3OS. The Labute approximate surface area is 153 Å². The Balaban J connectivity index is 2.25. The van der Waals surface area contributed by atoms with Crippen molar-refractivity contribution in [3.05, 3.63) is 53.2 Å². The highest BCUT2D eigenvalue weighted by Gasteiger charge is 2.35. The monoisotopic (exact) mass is 379 g/mol. The number of nitrogens with zero attached hydrogens (tertiary/aromatic N) is 3. The standard InChI is InChI=1S/C18H16F3N3OS/c1-3-24(13-7-5-4-6-8-13)16(25)11-26-17-14(10-22)15(18(19,20)21)9-12(2)23-17/h4-9H,3,11H2,1-2H3. The van der Waals surface area contributed by atoms with Crippen LogP contribution in [0.4, 0.5) is 18.9 Å². The number of aryl methyl sites for hydroxylation is 1. The van der Waals surface area contributed by atoms with Gasteiger partial charge < -0.3 is 4.90 Å². The Morgan fingerprint density at radius 2 is 1.96 bits per heavy atom. The smallest absolute Gasteiger partial charge is 0.312 e. The van der Waals surface area contributed by atoms with Crippen molar-refractivity contribution in [2.75, 3.05) is 17.2 Å². The van der Waals surface area contributed by atoms with E-state index < -0.39 is 17.3 Å². The van der Waals surface area contributed by atoms with E-state index in [2.05, 4.69) is 4.98 Å². The summed E-state index contributed by atoms with van der Waals surface area (Å²) in [4.78, 5) is 18.0. The lowest BCUT2D eigenvalue weighted by Crippen LogP contribution is -2.32. The number of hydrogen-bond donors (Lipinski definition) is 0. The molecule has 0 saturated heterocycles. The molecule has 0 N–H and O–H groups in total. The van der Waals surface area contributed by atoms with Crippen LogP contribution < -0.4 is 4.90 Å². The van der Waals surface area contributed by atoms with Crippen LogP contribution in [-0.4, -0.2) is 23.2 Å². The van der Waals surface area contributed by atoms with Crippen LogP contribution in [0.15, 0.2) is 41.4 Å². The number of alkyl halides is 3. The molecule has 4 nitrogen and oxygen atoms in total. The quantitative estimate of drug-likeness (QED) is 0.722. The van der Waals surface area contributed by atoms with Gasteiger partial charge >= 0.3 is 6.18 Å². The summed E-state index contributed by atoms with van der Waals surface area (Å²) in [6.45, 7) is 3.65. The molecule has 0 fully saturated rings. The van der Waals surface area contributed by atoms with Crippen LogP contribution in [-0.2, 0) is 11.0 Å². The Kier molecular flexibility index (Phi) is 6.27. The van der Waals surface area contributed by atoms with Crippen LogP contribution in [0.25, 0.3) is 0 Å². The van der Waals surface area contributed by atoms with Crippen molar-refractivity contribution in [1.82, 2.24) is 4.98 Å². The van der Waals surface area contributed by atoms with Crippen LogP contribution >= 0.6 is 11.8 Å². The number of carbonyl (C=O) groups excluding carboxylic acids is 1. The molecule has 2 rings (SSSR count). The summed E-state index contributed by atoms with van der Waals surface area (Å²) in [5.74, 6) is -0.394.